The summed E-state index contributed by atoms with van der Waals surface area (Å²) in [5.41, 5.74) is 3.79. The summed E-state index contributed by atoms with van der Waals surface area (Å²) >= 11 is 0. The third-order valence-electron chi connectivity index (χ3n) is 5.92. The maximum Gasteiger partial charge on any atom is 0.241 e. The molecule has 1 atom stereocenters. The van der Waals surface area contributed by atoms with Gasteiger partial charge in [-0.3, -0.25) is 4.79 Å². The Kier molecular flexibility index (Phi) is 7.53. The molecular formula is C27H29N3O4S. The summed E-state index contributed by atoms with van der Waals surface area (Å²) in [6.07, 6.45) is 2.65. The molecule has 1 aromatic heterocycles. The van der Waals surface area contributed by atoms with Crippen molar-refractivity contribution >= 4 is 26.8 Å². The van der Waals surface area contributed by atoms with Gasteiger partial charge in [-0.2, -0.15) is 4.72 Å². The minimum atomic E-state index is -3.90. The molecule has 4 rings (SSSR count). The Bertz CT molecular complexity index is 1390. The Balaban J connectivity index is 1.51. The van der Waals surface area contributed by atoms with Crippen LogP contribution in [0.1, 0.15) is 16.7 Å². The number of aromatic amines is 1. The Morgan fingerprint density at radius 1 is 1.00 bits per heavy atom. The molecule has 8 heteroatoms. The predicted octanol–water partition coefficient (Wildman–Crippen LogP) is 3.73. The smallest absolute Gasteiger partial charge is 0.241 e. The summed E-state index contributed by atoms with van der Waals surface area (Å²) in [5.74, 6) is 0.390. The maximum atomic E-state index is 13.2. The van der Waals surface area contributed by atoms with Gasteiger partial charge in [0.25, 0.3) is 0 Å². The molecule has 0 bridgehead atoms. The fourth-order valence-electron chi connectivity index (χ4n) is 3.93. The zero-order valence-corrected chi connectivity index (χ0v) is 20.6. The van der Waals surface area contributed by atoms with E-state index in [0.717, 1.165) is 33.3 Å². The van der Waals surface area contributed by atoms with Gasteiger partial charge in [0, 0.05) is 23.6 Å². The highest BCUT2D eigenvalue weighted by molar-refractivity contribution is 7.89. The Labute approximate surface area is 205 Å². The third-order valence-corrected chi connectivity index (χ3v) is 7.40. The van der Waals surface area contributed by atoms with Crippen LogP contribution in [0.3, 0.4) is 0 Å². The lowest BCUT2D eigenvalue weighted by Crippen LogP contribution is -2.48. The first-order valence-corrected chi connectivity index (χ1v) is 12.9. The van der Waals surface area contributed by atoms with Crippen LogP contribution in [-0.4, -0.2) is 39.0 Å². The number of ether oxygens (including phenoxy) is 1. The molecule has 1 amide bonds. The van der Waals surface area contributed by atoms with Crippen LogP contribution in [-0.2, 0) is 27.7 Å². The van der Waals surface area contributed by atoms with Crippen molar-refractivity contribution in [3.05, 3.63) is 95.7 Å². The highest BCUT2D eigenvalue weighted by Crippen LogP contribution is 2.20. The number of methoxy groups -OCH3 is 1. The zero-order valence-electron chi connectivity index (χ0n) is 19.7. The van der Waals surface area contributed by atoms with Crippen molar-refractivity contribution in [3.63, 3.8) is 0 Å². The Hall–Kier alpha value is -3.62. The predicted molar refractivity (Wildman–Crippen MR) is 137 cm³/mol. The van der Waals surface area contributed by atoms with E-state index in [1.807, 2.05) is 61.7 Å². The number of aryl methyl sites for hydroxylation is 1. The molecule has 0 radical (unpaired) electrons. The highest BCUT2D eigenvalue weighted by Gasteiger charge is 2.27. The molecule has 3 aromatic carbocycles. The van der Waals surface area contributed by atoms with Gasteiger partial charge in [0.1, 0.15) is 11.8 Å². The van der Waals surface area contributed by atoms with E-state index in [0.29, 0.717) is 13.0 Å². The van der Waals surface area contributed by atoms with Crippen molar-refractivity contribution in [2.45, 2.75) is 30.7 Å². The van der Waals surface area contributed by atoms with Crippen LogP contribution < -0.4 is 14.8 Å². The van der Waals surface area contributed by atoms with Crippen molar-refractivity contribution in [2.24, 2.45) is 0 Å². The molecule has 7 nitrogen and oxygen atoms in total. The Morgan fingerprint density at radius 3 is 2.43 bits per heavy atom. The number of carbonyl (C=O) groups is 1. The van der Waals surface area contributed by atoms with Gasteiger partial charge in [-0.1, -0.05) is 48.0 Å². The van der Waals surface area contributed by atoms with Crippen molar-refractivity contribution < 1.29 is 17.9 Å². The Morgan fingerprint density at radius 2 is 1.71 bits per heavy atom. The number of carbonyl (C=O) groups excluding carboxylic acids is 1. The third kappa shape index (κ3) is 6.09. The standard InChI is InChI=1S/C27H29N3O4S/c1-19-7-13-23(14-8-19)35(32,33)30-26(17-21-18-29-25-6-4-3-5-24(21)25)27(31)28-16-15-20-9-11-22(34-2)12-10-20/h3-14,18,26,29-30H,15-17H2,1-2H3,(H,28,31). The first-order valence-electron chi connectivity index (χ1n) is 11.4. The van der Waals surface area contributed by atoms with Crippen molar-refractivity contribution in [3.8, 4) is 5.75 Å². The van der Waals surface area contributed by atoms with Crippen LogP contribution in [0.4, 0.5) is 0 Å². The van der Waals surface area contributed by atoms with E-state index in [1.54, 1.807) is 31.4 Å². The van der Waals surface area contributed by atoms with Crippen LogP contribution in [0, 0.1) is 6.92 Å². The lowest BCUT2D eigenvalue weighted by atomic mass is 10.0. The molecule has 0 saturated heterocycles. The van der Waals surface area contributed by atoms with Crippen LogP contribution in [0.5, 0.6) is 5.75 Å². The first-order chi connectivity index (χ1) is 16.9. The number of hydrogen-bond donors (Lipinski definition) is 3. The number of aromatic nitrogens is 1. The topological polar surface area (TPSA) is 100 Å². The van der Waals surface area contributed by atoms with Gasteiger partial charge in [-0.25, -0.2) is 8.42 Å². The number of rotatable bonds is 10. The fraction of sp³-hybridized carbons (Fsp3) is 0.222. The molecule has 1 heterocycles. The molecule has 0 saturated carbocycles. The van der Waals surface area contributed by atoms with E-state index in [2.05, 4.69) is 15.0 Å². The molecular weight excluding hydrogens is 462 g/mol. The zero-order chi connectivity index (χ0) is 24.8. The molecule has 0 aliphatic carbocycles. The summed E-state index contributed by atoms with van der Waals surface area (Å²) in [6.45, 7) is 2.27. The number of benzene rings is 3. The summed E-state index contributed by atoms with van der Waals surface area (Å²) in [7, 11) is -2.29. The summed E-state index contributed by atoms with van der Waals surface area (Å²) < 4.78 is 34.0. The molecule has 0 aliphatic rings. The van der Waals surface area contributed by atoms with E-state index >= 15 is 0 Å². The van der Waals surface area contributed by atoms with E-state index in [4.69, 9.17) is 4.74 Å². The number of sulfonamides is 1. The monoisotopic (exact) mass is 491 g/mol. The maximum absolute atomic E-state index is 13.2. The SMILES string of the molecule is COc1ccc(CCNC(=O)C(Cc2c[nH]c3ccccc23)NS(=O)(=O)c2ccc(C)cc2)cc1. The average molecular weight is 492 g/mol. The van der Waals surface area contributed by atoms with Crippen molar-refractivity contribution in [2.75, 3.05) is 13.7 Å². The molecule has 182 valence electrons. The molecule has 35 heavy (non-hydrogen) atoms. The molecule has 1 unspecified atom stereocenters. The molecule has 4 aromatic rings. The molecule has 0 fully saturated rings. The average Bonchev–Trinajstić information content (AvgIpc) is 3.27. The number of fused-ring (bicyclic) bond motifs is 1. The lowest BCUT2D eigenvalue weighted by Gasteiger charge is -2.19. The number of para-hydroxylation sites is 1. The van der Waals surface area contributed by atoms with E-state index in [9.17, 15) is 13.2 Å². The minimum absolute atomic E-state index is 0.123. The van der Waals surface area contributed by atoms with E-state index in [-0.39, 0.29) is 17.2 Å². The number of nitrogens with one attached hydrogen (secondary N) is 3. The van der Waals surface area contributed by atoms with Gasteiger partial charge in [-0.05, 0) is 61.2 Å². The van der Waals surface area contributed by atoms with Gasteiger partial charge in [0.15, 0.2) is 0 Å². The number of amides is 1. The number of H-pyrrole nitrogens is 1. The van der Waals surface area contributed by atoms with Gasteiger partial charge in [-0.15, -0.1) is 0 Å². The lowest BCUT2D eigenvalue weighted by molar-refractivity contribution is -0.122. The van der Waals surface area contributed by atoms with Crippen molar-refractivity contribution in [1.82, 2.24) is 15.0 Å². The second kappa shape index (κ2) is 10.8. The van der Waals surface area contributed by atoms with Crippen molar-refractivity contribution in [1.29, 1.82) is 0 Å². The summed E-state index contributed by atoms with van der Waals surface area (Å²) in [4.78, 5) is 16.5. The van der Waals surface area contributed by atoms with Gasteiger partial charge >= 0.3 is 0 Å². The quantitative estimate of drug-likeness (QED) is 0.315. The molecule has 3 N–H and O–H groups in total. The second-order valence-electron chi connectivity index (χ2n) is 8.44. The molecule has 0 aliphatic heterocycles. The van der Waals surface area contributed by atoms with Gasteiger partial charge in [0.2, 0.25) is 15.9 Å². The summed E-state index contributed by atoms with van der Waals surface area (Å²) in [5, 5.41) is 3.85. The molecule has 0 spiro atoms. The summed E-state index contributed by atoms with van der Waals surface area (Å²) in [6, 6.07) is 20.9. The van der Waals surface area contributed by atoms with Crippen LogP contribution in [0.25, 0.3) is 10.9 Å². The highest BCUT2D eigenvalue weighted by atomic mass is 32.2. The number of hydrogen-bond acceptors (Lipinski definition) is 4. The second-order valence-corrected chi connectivity index (χ2v) is 10.2. The van der Waals surface area contributed by atoms with Crippen LogP contribution >= 0.6 is 0 Å². The van der Waals surface area contributed by atoms with Gasteiger partial charge < -0.3 is 15.0 Å². The van der Waals surface area contributed by atoms with Crippen LogP contribution in [0.15, 0.2) is 83.9 Å². The normalized spacial score (nSPS) is 12.4. The van der Waals surface area contributed by atoms with Crippen LogP contribution in [0.2, 0.25) is 0 Å². The fourth-order valence-corrected chi connectivity index (χ4v) is 5.12. The first kappa shape index (κ1) is 24.5. The largest absolute Gasteiger partial charge is 0.497 e. The van der Waals surface area contributed by atoms with E-state index in [1.165, 1.54) is 0 Å². The van der Waals surface area contributed by atoms with Gasteiger partial charge in [0.05, 0.1) is 12.0 Å². The van der Waals surface area contributed by atoms with E-state index < -0.39 is 16.1 Å². The minimum Gasteiger partial charge on any atom is -0.497 e.